The number of benzene rings is 3. The minimum absolute atomic E-state index is 0.0340. The van der Waals surface area contributed by atoms with Crippen LogP contribution >= 0.6 is 0 Å². The zero-order chi connectivity index (χ0) is 40.1. The summed E-state index contributed by atoms with van der Waals surface area (Å²) < 4.78 is 95.9. The highest BCUT2D eigenvalue weighted by Crippen LogP contribution is 2.34. The number of carboxylic acids is 1. The van der Waals surface area contributed by atoms with E-state index in [0.717, 1.165) is 33.3 Å². The third-order valence-electron chi connectivity index (χ3n) is 8.16. The van der Waals surface area contributed by atoms with Crippen LogP contribution in [-0.4, -0.2) is 91.8 Å². The molecule has 1 atom stereocenters. The van der Waals surface area contributed by atoms with Crippen LogP contribution in [0.5, 0.6) is 23.0 Å². The molecule has 0 fully saturated rings. The van der Waals surface area contributed by atoms with Crippen molar-refractivity contribution >= 4 is 53.6 Å². The van der Waals surface area contributed by atoms with Gasteiger partial charge in [0.25, 0.3) is 10.0 Å². The minimum Gasteiger partial charge on any atom is -0.497 e. The van der Waals surface area contributed by atoms with Gasteiger partial charge in [-0.3, -0.25) is 9.19 Å². The smallest absolute Gasteiger partial charge is 0.344 e. The number of nitrogens with zero attached hydrogens (tertiary/aromatic N) is 3. The number of hydrogen-bond donors (Lipinski definition) is 1. The van der Waals surface area contributed by atoms with Gasteiger partial charge in [-0.05, 0) is 57.2 Å². The van der Waals surface area contributed by atoms with Crippen LogP contribution in [0.25, 0.3) is 11.0 Å². The molecule has 1 N–H and O–H groups in total. The number of esters is 1. The number of fused-ring (bicyclic) bond motifs is 1. The number of carboxylic acid groups (broad SMARTS) is 1. The fourth-order valence-electron chi connectivity index (χ4n) is 5.35. The third-order valence-corrected chi connectivity index (χ3v) is 12.9. The third kappa shape index (κ3) is 9.23. The van der Waals surface area contributed by atoms with Gasteiger partial charge >= 0.3 is 11.9 Å². The summed E-state index contributed by atoms with van der Waals surface area (Å²) in [5, 5.41) is 8.87. The summed E-state index contributed by atoms with van der Waals surface area (Å²) >= 11 is 0. The Balaban J connectivity index is 1.46. The first-order valence-corrected chi connectivity index (χ1v) is 20.7. The Morgan fingerprint density at radius 1 is 0.855 bits per heavy atom. The highest BCUT2D eigenvalue weighted by Gasteiger charge is 2.30. The average molecular weight is 816 g/mol. The number of rotatable bonds is 17. The van der Waals surface area contributed by atoms with Crippen LogP contribution < -0.4 is 18.9 Å². The van der Waals surface area contributed by atoms with E-state index in [-0.39, 0.29) is 44.1 Å². The summed E-state index contributed by atoms with van der Waals surface area (Å²) in [5.41, 5.74) is 2.85. The number of aryl methyl sites for hydroxylation is 2. The Morgan fingerprint density at radius 3 is 2.22 bits per heavy atom. The monoisotopic (exact) mass is 815 g/mol. The van der Waals surface area contributed by atoms with Gasteiger partial charge in [0, 0.05) is 29.5 Å². The summed E-state index contributed by atoms with van der Waals surface area (Å²) in [7, 11) is -7.67. The van der Waals surface area contributed by atoms with Crippen molar-refractivity contribution in [3.05, 3.63) is 89.2 Å². The van der Waals surface area contributed by atoms with Crippen LogP contribution in [0, 0.1) is 20.8 Å². The molecule has 0 radical (unpaired) electrons. The molecular weight excluding hydrogens is 779 g/mol. The van der Waals surface area contributed by atoms with E-state index in [0.29, 0.717) is 17.0 Å². The van der Waals surface area contributed by atoms with Crippen LogP contribution in [0.1, 0.15) is 22.4 Å². The van der Waals surface area contributed by atoms with Crippen LogP contribution in [0.15, 0.2) is 81.8 Å². The van der Waals surface area contributed by atoms with Crippen molar-refractivity contribution in [3.8, 4) is 23.0 Å². The number of ether oxygens (including phenoxy) is 5. The van der Waals surface area contributed by atoms with E-state index in [4.69, 9.17) is 23.7 Å². The summed E-state index contributed by atoms with van der Waals surface area (Å²) in [4.78, 5) is 32.4. The van der Waals surface area contributed by atoms with Crippen LogP contribution in [0.3, 0.4) is 0 Å². The van der Waals surface area contributed by atoms with Crippen LogP contribution in [0.4, 0.5) is 0 Å². The Hall–Kier alpha value is -5.53. The van der Waals surface area contributed by atoms with Gasteiger partial charge in [0.05, 0.1) is 63.0 Å². The fourth-order valence-corrected chi connectivity index (χ4v) is 9.50. The Labute approximate surface area is 319 Å². The predicted molar refractivity (Wildman–Crippen MR) is 199 cm³/mol. The summed E-state index contributed by atoms with van der Waals surface area (Å²) in [6, 6.07) is 13.9. The van der Waals surface area contributed by atoms with Crippen molar-refractivity contribution in [2.24, 2.45) is 0 Å². The molecule has 2 aromatic heterocycles. The van der Waals surface area contributed by atoms with Gasteiger partial charge in [-0.15, -0.1) is 0 Å². The maximum Gasteiger partial charge on any atom is 0.344 e. The second-order valence-corrected chi connectivity index (χ2v) is 17.2. The van der Waals surface area contributed by atoms with Crippen molar-refractivity contribution in [1.82, 2.24) is 13.9 Å². The lowest BCUT2D eigenvalue weighted by molar-refractivity contribution is -0.145. The van der Waals surface area contributed by atoms with E-state index in [2.05, 4.69) is 9.97 Å². The number of carbonyl (C=O) groups is 2. The Bertz CT molecular complexity index is 2500. The van der Waals surface area contributed by atoms with Gasteiger partial charge in [-0.2, -0.15) is 0 Å². The van der Waals surface area contributed by atoms with Crippen molar-refractivity contribution in [3.63, 3.8) is 0 Å². The molecule has 16 nitrogen and oxygen atoms in total. The molecule has 0 saturated carbocycles. The minimum atomic E-state index is -4.69. The number of hydrogen-bond acceptors (Lipinski definition) is 14. The lowest BCUT2D eigenvalue weighted by Gasteiger charge is -2.15. The molecule has 0 bridgehead atoms. The molecule has 0 spiro atoms. The number of aromatic nitrogens is 3. The van der Waals surface area contributed by atoms with E-state index in [9.17, 15) is 35.7 Å². The first kappa shape index (κ1) is 40.7. The molecular formula is C36H37N3O13S3. The van der Waals surface area contributed by atoms with Gasteiger partial charge in [-0.25, -0.2) is 35.4 Å². The van der Waals surface area contributed by atoms with Gasteiger partial charge in [0.1, 0.15) is 18.1 Å². The SMILES string of the molecule is COc1ccc2nc(S(=O)Cc3ncc(C)c(OC)c3C)n(S(=O)(=O)c3ccc(OCC(=O)O)c(OCC(=O)OCCS(=O)(=O)c4ccc(C)cc4)c3)c2c1. The van der Waals surface area contributed by atoms with E-state index in [1.165, 1.54) is 38.5 Å². The number of methoxy groups -OCH3 is 2. The molecule has 0 aliphatic heterocycles. The largest absolute Gasteiger partial charge is 0.497 e. The second kappa shape index (κ2) is 16.9. The second-order valence-electron chi connectivity index (χ2n) is 12.0. The highest BCUT2D eigenvalue weighted by molar-refractivity contribution is 7.91. The van der Waals surface area contributed by atoms with E-state index < -0.39 is 73.1 Å². The normalized spacial score (nSPS) is 12.2. The predicted octanol–water partition coefficient (Wildman–Crippen LogP) is 3.78. The standard InChI is InChI=1S/C36H37N3O13S3/c1-22-6-9-26(10-7-22)54(44,45)15-14-50-34(42)20-52-32-17-27(11-13-31(32)51-19-33(40)41)55(46,47)39-30-16-25(48-4)8-12-28(30)38-36(39)53(43)21-29-24(3)35(49-5)23(2)18-37-29/h6-13,16-18H,14-15,19-21H2,1-5H3,(H,40,41). The summed E-state index contributed by atoms with van der Waals surface area (Å²) in [6.45, 7) is 3.19. The number of pyridine rings is 1. The summed E-state index contributed by atoms with van der Waals surface area (Å²) in [5.74, 6) is -2.84. The van der Waals surface area contributed by atoms with Gasteiger partial charge in [0.15, 0.2) is 34.6 Å². The van der Waals surface area contributed by atoms with Gasteiger partial charge in [-0.1, -0.05) is 17.7 Å². The van der Waals surface area contributed by atoms with Crippen molar-refractivity contribution < 1.29 is 59.4 Å². The fraction of sp³-hybridized carbons (Fsp3) is 0.278. The Kier molecular flexibility index (Phi) is 12.5. The van der Waals surface area contributed by atoms with Crippen LogP contribution in [0.2, 0.25) is 0 Å². The molecule has 0 saturated heterocycles. The zero-order valence-electron chi connectivity index (χ0n) is 30.3. The molecule has 3 aromatic carbocycles. The zero-order valence-corrected chi connectivity index (χ0v) is 32.7. The van der Waals surface area contributed by atoms with E-state index in [1.807, 2.05) is 6.92 Å². The molecule has 0 amide bonds. The summed E-state index contributed by atoms with van der Waals surface area (Å²) in [6.07, 6.45) is 1.56. The molecule has 0 aliphatic carbocycles. The maximum absolute atomic E-state index is 14.5. The number of aliphatic carboxylic acids is 1. The molecule has 2 heterocycles. The quantitative estimate of drug-likeness (QED) is 0.132. The molecule has 55 heavy (non-hydrogen) atoms. The van der Waals surface area contributed by atoms with E-state index in [1.54, 1.807) is 38.2 Å². The molecule has 5 rings (SSSR count). The average Bonchev–Trinajstić information content (AvgIpc) is 3.54. The molecule has 0 aliphatic rings. The molecule has 1 unspecified atom stereocenters. The number of sulfone groups is 1. The number of carbonyl (C=O) groups excluding carboxylic acids is 1. The lowest BCUT2D eigenvalue weighted by atomic mass is 10.1. The number of imidazole rings is 1. The molecule has 19 heteroatoms. The van der Waals surface area contributed by atoms with Crippen molar-refractivity contribution in [2.45, 2.75) is 41.5 Å². The maximum atomic E-state index is 14.5. The molecule has 292 valence electrons. The Morgan fingerprint density at radius 2 is 1.55 bits per heavy atom. The molecule has 5 aromatic rings. The van der Waals surface area contributed by atoms with Crippen LogP contribution in [-0.2, 0) is 50.7 Å². The first-order chi connectivity index (χ1) is 26.0. The van der Waals surface area contributed by atoms with Gasteiger partial charge in [0.2, 0.25) is 5.16 Å². The topological polar surface area (TPSA) is 217 Å². The van der Waals surface area contributed by atoms with Gasteiger partial charge < -0.3 is 28.8 Å². The van der Waals surface area contributed by atoms with Crippen molar-refractivity contribution in [2.75, 3.05) is 39.8 Å². The highest BCUT2D eigenvalue weighted by atomic mass is 32.2. The first-order valence-electron chi connectivity index (χ1n) is 16.3. The lowest BCUT2D eigenvalue weighted by Crippen LogP contribution is -2.21. The van der Waals surface area contributed by atoms with Crippen molar-refractivity contribution in [1.29, 1.82) is 0 Å². The van der Waals surface area contributed by atoms with E-state index >= 15 is 0 Å².